The van der Waals surface area contributed by atoms with E-state index in [1.807, 2.05) is 13.8 Å². The smallest absolute Gasteiger partial charge is 0.244 e. The van der Waals surface area contributed by atoms with E-state index in [0.717, 1.165) is 0 Å². The number of rotatable bonds is 3. The molecule has 64 valence electrons. The maximum absolute atomic E-state index is 10.6. The summed E-state index contributed by atoms with van der Waals surface area (Å²) in [4.78, 5) is 10.6. The zero-order chi connectivity index (χ0) is 9.07. The fraction of sp³-hybridized carbons (Fsp3) is 0.625. The summed E-state index contributed by atoms with van der Waals surface area (Å²) in [6.07, 6.45) is 1.80. The molecule has 0 aliphatic rings. The summed E-state index contributed by atoms with van der Waals surface area (Å²) in [7, 11) is 0. The molecule has 0 heterocycles. The van der Waals surface area contributed by atoms with Gasteiger partial charge in [0.05, 0.1) is 0 Å². The highest BCUT2D eigenvalue weighted by Gasteiger charge is 2.13. The van der Waals surface area contributed by atoms with Crippen LogP contribution in [0.1, 0.15) is 20.8 Å². The van der Waals surface area contributed by atoms with Crippen LogP contribution in [-0.4, -0.2) is 12.5 Å². The van der Waals surface area contributed by atoms with Crippen LogP contribution in [0.3, 0.4) is 0 Å². The van der Waals surface area contributed by atoms with Crippen molar-refractivity contribution in [3.05, 3.63) is 11.6 Å². The van der Waals surface area contributed by atoms with Crippen LogP contribution >= 0.6 is 0 Å². The average molecular weight is 156 g/mol. The van der Waals surface area contributed by atoms with Crippen molar-refractivity contribution in [2.75, 3.05) is 6.54 Å². The molecule has 0 aromatic rings. The standard InChI is InChI=1S/C8H16N2O/c1-6(7(10)11)4-8(2,3)5-9/h4H,5,9H2,1-3H3,(H2,10,11). The van der Waals surface area contributed by atoms with Crippen molar-refractivity contribution in [1.82, 2.24) is 0 Å². The number of primary amides is 1. The van der Waals surface area contributed by atoms with E-state index < -0.39 is 0 Å². The first-order valence-corrected chi connectivity index (χ1v) is 3.58. The van der Waals surface area contributed by atoms with Gasteiger partial charge in [-0.1, -0.05) is 19.9 Å². The molecule has 0 aliphatic heterocycles. The number of hydrogen-bond acceptors (Lipinski definition) is 2. The normalized spacial score (nSPS) is 13.3. The zero-order valence-corrected chi connectivity index (χ0v) is 7.35. The number of carbonyl (C=O) groups is 1. The SMILES string of the molecule is CC(=CC(C)(C)CN)C(N)=O. The van der Waals surface area contributed by atoms with E-state index in [4.69, 9.17) is 11.5 Å². The molecular weight excluding hydrogens is 140 g/mol. The Morgan fingerprint density at radius 2 is 2.00 bits per heavy atom. The van der Waals surface area contributed by atoms with Gasteiger partial charge in [0, 0.05) is 12.1 Å². The third-order valence-corrected chi connectivity index (χ3v) is 1.52. The van der Waals surface area contributed by atoms with E-state index in [1.165, 1.54) is 0 Å². The van der Waals surface area contributed by atoms with Gasteiger partial charge in [0.2, 0.25) is 5.91 Å². The summed E-state index contributed by atoms with van der Waals surface area (Å²) in [5, 5.41) is 0. The molecule has 11 heavy (non-hydrogen) atoms. The predicted molar refractivity (Wildman–Crippen MR) is 45.8 cm³/mol. The van der Waals surface area contributed by atoms with Gasteiger partial charge in [-0.05, 0) is 12.3 Å². The van der Waals surface area contributed by atoms with Crippen LogP contribution in [0.25, 0.3) is 0 Å². The quantitative estimate of drug-likeness (QED) is 0.581. The van der Waals surface area contributed by atoms with Crippen LogP contribution in [0.15, 0.2) is 11.6 Å². The molecular formula is C8H16N2O. The Labute approximate surface area is 67.4 Å². The van der Waals surface area contributed by atoms with Crippen LogP contribution in [0.4, 0.5) is 0 Å². The van der Waals surface area contributed by atoms with Crippen LogP contribution in [0, 0.1) is 5.41 Å². The minimum absolute atomic E-state index is 0.140. The highest BCUT2D eigenvalue weighted by molar-refractivity contribution is 5.91. The Balaban J connectivity index is 4.41. The van der Waals surface area contributed by atoms with Gasteiger partial charge >= 0.3 is 0 Å². The average Bonchev–Trinajstić information content (AvgIpc) is 1.87. The van der Waals surface area contributed by atoms with Crippen LogP contribution in [0.5, 0.6) is 0 Å². The van der Waals surface area contributed by atoms with E-state index in [9.17, 15) is 4.79 Å². The molecule has 4 N–H and O–H groups in total. The molecule has 0 radical (unpaired) electrons. The van der Waals surface area contributed by atoms with Crippen molar-refractivity contribution in [3.63, 3.8) is 0 Å². The van der Waals surface area contributed by atoms with Gasteiger partial charge in [-0.3, -0.25) is 4.79 Å². The molecule has 0 aromatic carbocycles. The summed E-state index contributed by atoms with van der Waals surface area (Å²) in [5.41, 5.74) is 10.9. The second kappa shape index (κ2) is 3.53. The molecule has 1 amide bonds. The first-order valence-electron chi connectivity index (χ1n) is 3.58. The van der Waals surface area contributed by atoms with Crippen molar-refractivity contribution in [3.8, 4) is 0 Å². The van der Waals surface area contributed by atoms with Crippen molar-refractivity contribution < 1.29 is 4.79 Å². The number of nitrogens with two attached hydrogens (primary N) is 2. The first kappa shape index (κ1) is 10.2. The van der Waals surface area contributed by atoms with Crippen molar-refractivity contribution in [2.24, 2.45) is 16.9 Å². The molecule has 0 saturated heterocycles. The van der Waals surface area contributed by atoms with E-state index in [1.54, 1.807) is 13.0 Å². The van der Waals surface area contributed by atoms with Crippen LogP contribution in [-0.2, 0) is 4.79 Å². The molecule has 0 aliphatic carbocycles. The van der Waals surface area contributed by atoms with Gasteiger partial charge in [-0.15, -0.1) is 0 Å². The fourth-order valence-corrected chi connectivity index (χ4v) is 0.716. The van der Waals surface area contributed by atoms with Gasteiger partial charge in [0.15, 0.2) is 0 Å². The molecule has 3 heteroatoms. The monoisotopic (exact) mass is 156 g/mol. The molecule has 0 spiro atoms. The number of amides is 1. The lowest BCUT2D eigenvalue weighted by molar-refractivity contribution is -0.114. The van der Waals surface area contributed by atoms with Gasteiger partial charge in [-0.2, -0.15) is 0 Å². The van der Waals surface area contributed by atoms with Crippen molar-refractivity contribution >= 4 is 5.91 Å². The summed E-state index contributed by atoms with van der Waals surface area (Å²) in [6, 6.07) is 0. The Kier molecular flexibility index (Phi) is 3.26. The van der Waals surface area contributed by atoms with Gasteiger partial charge in [0.25, 0.3) is 0 Å². The second-order valence-electron chi connectivity index (χ2n) is 3.38. The summed E-state index contributed by atoms with van der Waals surface area (Å²) in [5.74, 6) is -0.383. The van der Waals surface area contributed by atoms with Crippen LogP contribution < -0.4 is 11.5 Å². The lowest BCUT2D eigenvalue weighted by Crippen LogP contribution is -2.23. The molecule has 0 unspecified atom stereocenters. The molecule has 0 fully saturated rings. The van der Waals surface area contributed by atoms with Gasteiger partial charge in [-0.25, -0.2) is 0 Å². The number of hydrogen-bond donors (Lipinski definition) is 2. The van der Waals surface area contributed by atoms with E-state index >= 15 is 0 Å². The van der Waals surface area contributed by atoms with Crippen LogP contribution in [0.2, 0.25) is 0 Å². The molecule has 0 saturated carbocycles. The highest BCUT2D eigenvalue weighted by Crippen LogP contribution is 2.16. The lowest BCUT2D eigenvalue weighted by atomic mass is 9.91. The minimum atomic E-state index is -0.383. The van der Waals surface area contributed by atoms with Crippen molar-refractivity contribution in [2.45, 2.75) is 20.8 Å². The summed E-state index contributed by atoms with van der Waals surface area (Å²) in [6.45, 7) is 6.12. The van der Waals surface area contributed by atoms with Gasteiger partial charge in [0.1, 0.15) is 0 Å². The minimum Gasteiger partial charge on any atom is -0.366 e. The third kappa shape index (κ3) is 3.78. The topological polar surface area (TPSA) is 69.1 Å². The summed E-state index contributed by atoms with van der Waals surface area (Å²) >= 11 is 0. The summed E-state index contributed by atoms with van der Waals surface area (Å²) < 4.78 is 0. The second-order valence-corrected chi connectivity index (χ2v) is 3.38. The largest absolute Gasteiger partial charge is 0.366 e. The third-order valence-electron chi connectivity index (χ3n) is 1.52. The fourth-order valence-electron chi connectivity index (χ4n) is 0.716. The molecule has 0 aromatic heterocycles. The predicted octanol–water partition coefficient (Wildman–Crippen LogP) is 0.403. The first-order chi connectivity index (χ1) is 4.89. The van der Waals surface area contributed by atoms with Gasteiger partial charge < -0.3 is 11.5 Å². The van der Waals surface area contributed by atoms with E-state index in [-0.39, 0.29) is 11.3 Å². The molecule has 0 rings (SSSR count). The Hall–Kier alpha value is -0.830. The Bertz CT molecular complexity index is 183. The van der Waals surface area contributed by atoms with Crippen molar-refractivity contribution in [1.29, 1.82) is 0 Å². The Morgan fingerprint density at radius 3 is 2.27 bits per heavy atom. The lowest BCUT2D eigenvalue weighted by Gasteiger charge is -2.17. The molecule has 0 bridgehead atoms. The maximum Gasteiger partial charge on any atom is 0.244 e. The number of carbonyl (C=O) groups excluding carboxylic acids is 1. The highest BCUT2D eigenvalue weighted by atomic mass is 16.1. The molecule has 3 nitrogen and oxygen atoms in total. The maximum atomic E-state index is 10.6. The van der Waals surface area contributed by atoms with E-state index in [0.29, 0.717) is 12.1 Å². The molecule has 0 atom stereocenters. The zero-order valence-electron chi connectivity index (χ0n) is 7.35. The Morgan fingerprint density at radius 1 is 1.55 bits per heavy atom. The van der Waals surface area contributed by atoms with E-state index in [2.05, 4.69) is 0 Å².